The molecule has 1 aliphatic rings. The maximum absolute atomic E-state index is 13.3. The molecule has 2 aromatic rings. The van der Waals surface area contributed by atoms with E-state index in [0.29, 0.717) is 0 Å². The summed E-state index contributed by atoms with van der Waals surface area (Å²) < 4.78 is 13.3. The number of hydrogen-bond acceptors (Lipinski definition) is 2. The van der Waals surface area contributed by atoms with E-state index in [-0.39, 0.29) is 29.8 Å². The second kappa shape index (κ2) is 11.6. The Balaban J connectivity index is 0.00000280. The van der Waals surface area contributed by atoms with Crippen molar-refractivity contribution in [3.63, 3.8) is 0 Å². The van der Waals surface area contributed by atoms with E-state index in [1.165, 1.54) is 50.5 Å². The van der Waals surface area contributed by atoms with Gasteiger partial charge in [-0.25, -0.2) is 4.39 Å². The van der Waals surface area contributed by atoms with Gasteiger partial charge in [0.1, 0.15) is 5.82 Å². The lowest BCUT2D eigenvalue weighted by atomic mass is 9.97. The van der Waals surface area contributed by atoms with Gasteiger partial charge in [0.25, 0.3) is 0 Å². The van der Waals surface area contributed by atoms with E-state index in [4.69, 9.17) is 0 Å². The topological polar surface area (TPSA) is 55.4 Å². The second-order valence-corrected chi connectivity index (χ2v) is 7.42. The van der Waals surface area contributed by atoms with Gasteiger partial charge in [-0.15, -0.1) is 24.0 Å². The Kier molecular flexibility index (Phi) is 9.50. The van der Waals surface area contributed by atoms with E-state index in [2.05, 4.69) is 32.4 Å². The van der Waals surface area contributed by atoms with Gasteiger partial charge in [-0.2, -0.15) is 0 Å². The Labute approximate surface area is 184 Å². The van der Waals surface area contributed by atoms with Crippen molar-refractivity contribution in [1.29, 1.82) is 0 Å². The van der Waals surface area contributed by atoms with Crippen LogP contribution in [0.4, 0.5) is 4.39 Å². The van der Waals surface area contributed by atoms with Gasteiger partial charge in [0.2, 0.25) is 0 Å². The van der Waals surface area contributed by atoms with Gasteiger partial charge in [-0.05, 0) is 75.0 Å². The van der Waals surface area contributed by atoms with Crippen molar-refractivity contribution in [2.75, 3.05) is 39.8 Å². The van der Waals surface area contributed by atoms with Crippen LogP contribution in [-0.4, -0.2) is 55.6 Å². The molecule has 0 amide bonds. The van der Waals surface area contributed by atoms with Crippen LogP contribution in [0.3, 0.4) is 0 Å². The molecule has 0 saturated carbocycles. The number of nitrogens with zero attached hydrogens (tertiary/aromatic N) is 2. The highest BCUT2D eigenvalue weighted by molar-refractivity contribution is 14.0. The van der Waals surface area contributed by atoms with Crippen molar-refractivity contribution < 1.29 is 4.39 Å². The highest BCUT2D eigenvalue weighted by Gasteiger charge is 2.18. The quantitative estimate of drug-likeness (QED) is 0.308. The minimum Gasteiger partial charge on any atom is -0.361 e. The lowest BCUT2D eigenvalue weighted by molar-refractivity contribution is 0.185. The molecule has 1 fully saturated rings. The molecule has 1 aromatic carbocycles. The van der Waals surface area contributed by atoms with Gasteiger partial charge in [0, 0.05) is 37.2 Å². The number of halogens is 2. The Bertz CT molecular complexity index is 752. The number of nitrogens with one attached hydrogen (secondary N) is 3. The maximum Gasteiger partial charge on any atom is 0.190 e. The summed E-state index contributed by atoms with van der Waals surface area (Å²) in [6, 6.07) is 4.90. The van der Waals surface area contributed by atoms with Crippen molar-refractivity contribution in [1.82, 2.24) is 20.5 Å². The molecule has 0 atom stereocenters. The van der Waals surface area contributed by atoms with Crippen molar-refractivity contribution in [3.05, 3.63) is 35.8 Å². The largest absolute Gasteiger partial charge is 0.361 e. The van der Waals surface area contributed by atoms with Gasteiger partial charge in [0.05, 0.1) is 0 Å². The number of aromatic nitrogens is 1. The molecule has 0 aliphatic carbocycles. The molecular weight excluding hydrogens is 468 g/mol. The molecule has 0 spiro atoms. The zero-order valence-corrected chi connectivity index (χ0v) is 19.3. The highest BCUT2D eigenvalue weighted by Crippen LogP contribution is 2.19. The number of hydrogen-bond donors (Lipinski definition) is 3. The molecule has 3 N–H and O–H groups in total. The van der Waals surface area contributed by atoms with Gasteiger partial charge >= 0.3 is 0 Å². The molecular formula is C21H33FIN5. The number of rotatable bonds is 7. The number of likely N-dealkylation sites (tertiary alicyclic amines) is 1. The zero-order chi connectivity index (χ0) is 19.1. The molecule has 0 radical (unpaired) electrons. The first kappa shape index (κ1) is 22.9. The molecule has 7 heteroatoms. The Morgan fingerprint density at radius 1 is 1.29 bits per heavy atom. The summed E-state index contributed by atoms with van der Waals surface area (Å²) in [5.74, 6) is 1.37. The van der Waals surface area contributed by atoms with E-state index >= 15 is 0 Å². The lowest BCUT2D eigenvalue weighted by Gasteiger charge is -2.32. The van der Waals surface area contributed by atoms with Gasteiger partial charge in [-0.1, -0.05) is 6.92 Å². The predicted octanol–water partition coefficient (Wildman–Crippen LogP) is 3.75. The fraction of sp³-hybridized carbons (Fsp3) is 0.571. The second-order valence-electron chi connectivity index (χ2n) is 7.42. The number of H-pyrrole nitrogens is 1. The van der Waals surface area contributed by atoms with Gasteiger partial charge in [0.15, 0.2) is 5.96 Å². The summed E-state index contributed by atoms with van der Waals surface area (Å²) in [5.41, 5.74) is 2.04. The first-order chi connectivity index (χ1) is 13.2. The summed E-state index contributed by atoms with van der Waals surface area (Å²) in [4.78, 5) is 10.0. The number of aromatic amines is 1. The molecule has 2 heterocycles. The SMILES string of the molecule is CCCN1CCC(CNC(=NC)NCCc2c[nH]c3cc(F)ccc23)CC1.I. The summed E-state index contributed by atoms with van der Waals surface area (Å²) in [6.45, 7) is 7.67. The molecule has 0 unspecified atom stereocenters. The average Bonchev–Trinajstić information content (AvgIpc) is 3.08. The molecule has 1 aromatic heterocycles. The summed E-state index contributed by atoms with van der Waals surface area (Å²) in [6.07, 6.45) is 6.59. The number of guanidine groups is 1. The number of aliphatic imine (C=N–C) groups is 1. The van der Waals surface area contributed by atoms with Gasteiger partial charge in [-0.3, -0.25) is 4.99 Å². The zero-order valence-electron chi connectivity index (χ0n) is 16.9. The van der Waals surface area contributed by atoms with Crippen LogP contribution in [0.1, 0.15) is 31.7 Å². The van der Waals surface area contributed by atoms with Crippen LogP contribution in [0.25, 0.3) is 10.9 Å². The minimum atomic E-state index is -0.209. The summed E-state index contributed by atoms with van der Waals surface area (Å²) in [5, 5.41) is 7.95. The molecule has 5 nitrogen and oxygen atoms in total. The van der Waals surface area contributed by atoms with Crippen molar-refractivity contribution in [3.8, 4) is 0 Å². The molecule has 1 aliphatic heterocycles. The average molecular weight is 501 g/mol. The third-order valence-electron chi connectivity index (χ3n) is 5.45. The summed E-state index contributed by atoms with van der Waals surface area (Å²) in [7, 11) is 1.81. The minimum absolute atomic E-state index is 0. The monoisotopic (exact) mass is 501 g/mol. The third-order valence-corrected chi connectivity index (χ3v) is 5.45. The number of piperidine rings is 1. The Morgan fingerprint density at radius 3 is 2.79 bits per heavy atom. The van der Waals surface area contributed by atoms with Crippen LogP contribution < -0.4 is 10.6 Å². The van der Waals surface area contributed by atoms with Crippen molar-refractivity contribution >= 4 is 40.8 Å². The number of fused-ring (bicyclic) bond motifs is 1. The van der Waals surface area contributed by atoms with Crippen molar-refractivity contribution in [2.24, 2.45) is 10.9 Å². The van der Waals surface area contributed by atoms with E-state index < -0.39 is 0 Å². The van der Waals surface area contributed by atoms with E-state index in [0.717, 1.165) is 42.3 Å². The van der Waals surface area contributed by atoms with E-state index in [1.54, 1.807) is 6.07 Å². The Hall–Kier alpha value is -1.35. The molecule has 0 bridgehead atoms. The first-order valence-corrected chi connectivity index (χ1v) is 10.1. The maximum atomic E-state index is 13.3. The Morgan fingerprint density at radius 2 is 2.07 bits per heavy atom. The standard InChI is InChI=1S/C21H32FN5.HI/c1-3-10-27-11-7-16(8-12-27)14-26-21(23-2)24-9-6-17-15-25-20-13-18(22)4-5-19(17)20;/h4-5,13,15-16,25H,3,6-12,14H2,1-2H3,(H2,23,24,26);1H. The third kappa shape index (κ3) is 6.34. The van der Waals surface area contributed by atoms with Crippen LogP contribution >= 0.6 is 24.0 Å². The fourth-order valence-corrected chi connectivity index (χ4v) is 3.87. The van der Waals surface area contributed by atoms with E-state index in [9.17, 15) is 4.39 Å². The molecule has 28 heavy (non-hydrogen) atoms. The first-order valence-electron chi connectivity index (χ1n) is 10.1. The molecule has 1 saturated heterocycles. The van der Waals surface area contributed by atoms with Crippen LogP contribution in [0.15, 0.2) is 29.4 Å². The highest BCUT2D eigenvalue weighted by atomic mass is 127. The summed E-state index contributed by atoms with van der Waals surface area (Å²) >= 11 is 0. The van der Waals surface area contributed by atoms with Crippen LogP contribution in [0.5, 0.6) is 0 Å². The number of benzene rings is 1. The van der Waals surface area contributed by atoms with Crippen LogP contribution in [-0.2, 0) is 6.42 Å². The predicted molar refractivity (Wildman–Crippen MR) is 126 cm³/mol. The normalized spacial score (nSPS) is 16.2. The lowest BCUT2D eigenvalue weighted by Crippen LogP contribution is -2.43. The van der Waals surface area contributed by atoms with E-state index in [1.807, 2.05) is 19.3 Å². The fourth-order valence-electron chi connectivity index (χ4n) is 3.87. The van der Waals surface area contributed by atoms with Gasteiger partial charge < -0.3 is 20.5 Å². The molecule has 156 valence electrons. The van der Waals surface area contributed by atoms with Crippen LogP contribution in [0.2, 0.25) is 0 Å². The van der Waals surface area contributed by atoms with Crippen molar-refractivity contribution in [2.45, 2.75) is 32.6 Å². The smallest absolute Gasteiger partial charge is 0.190 e. The van der Waals surface area contributed by atoms with Crippen LogP contribution in [0, 0.1) is 11.7 Å². The molecule has 3 rings (SSSR count).